The van der Waals surface area contributed by atoms with Gasteiger partial charge in [-0.25, -0.2) is 4.98 Å². The fourth-order valence-corrected chi connectivity index (χ4v) is 6.03. The molecule has 0 bridgehead atoms. The molecule has 2 atom stereocenters. The van der Waals surface area contributed by atoms with E-state index in [0.29, 0.717) is 17.1 Å². The summed E-state index contributed by atoms with van der Waals surface area (Å²) in [6, 6.07) is 12.7. The molecule has 3 N–H and O–H groups in total. The number of aryl methyl sites for hydroxylation is 1. The van der Waals surface area contributed by atoms with Crippen LogP contribution < -0.4 is 16.0 Å². The lowest BCUT2D eigenvalue weighted by atomic mass is 10.0. The van der Waals surface area contributed by atoms with Crippen LogP contribution in [0.3, 0.4) is 0 Å². The van der Waals surface area contributed by atoms with Gasteiger partial charge in [-0.15, -0.1) is 11.3 Å². The molecule has 0 radical (unpaired) electrons. The highest BCUT2D eigenvalue weighted by Crippen LogP contribution is 2.39. The number of hydrogen-bond acceptors (Lipinski definition) is 5. The van der Waals surface area contributed by atoms with Crippen LogP contribution in [0.4, 0.5) is 11.4 Å². The molecule has 5 nitrogen and oxygen atoms in total. The fraction of sp³-hybridized carbons (Fsp3) is 0.417. The predicted molar refractivity (Wildman–Crippen MR) is 124 cm³/mol. The molecule has 6 heteroatoms. The Bertz CT molecular complexity index is 1060. The van der Waals surface area contributed by atoms with Crippen molar-refractivity contribution in [2.24, 2.45) is 11.8 Å². The van der Waals surface area contributed by atoms with Gasteiger partial charge in [0.1, 0.15) is 9.71 Å². The minimum Gasteiger partial charge on any atom is -0.397 e. The van der Waals surface area contributed by atoms with E-state index in [4.69, 9.17) is 5.73 Å². The van der Waals surface area contributed by atoms with Gasteiger partial charge in [0.05, 0.1) is 5.69 Å². The SMILES string of the molecule is Cc1ccc2c(N)c(C(=O)NCCc3ccc(N4C[C@H]5CCC[C@H]5C4)cc3)sc2n1. The number of hydrogen-bond donors (Lipinski definition) is 2. The molecule has 3 heterocycles. The average molecular weight is 421 g/mol. The fourth-order valence-electron chi connectivity index (χ4n) is 4.98. The van der Waals surface area contributed by atoms with Gasteiger partial charge in [-0.1, -0.05) is 18.6 Å². The Balaban J connectivity index is 1.17. The van der Waals surface area contributed by atoms with Crippen LogP contribution in [0.1, 0.15) is 40.2 Å². The highest BCUT2D eigenvalue weighted by molar-refractivity contribution is 7.21. The van der Waals surface area contributed by atoms with Crippen LogP contribution in [0, 0.1) is 18.8 Å². The number of nitrogens with one attached hydrogen (secondary N) is 1. The number of fused-ring (bicyclic) bond motifs is 2. The maximum atomic E-state index is 12.6. The van der Waals surface area contributed by atoms with Crippen LogP contribution >= 0.6 is 11.3 Å². The van der Waals surface area contributed by atoms with Crippen molar-refractivity contribution in [2.75, 3.05) is 30.3 Å². The second kappa shape index (κ2) is 7.91. The molecule has 0 spiro atoms. The summed E-state index contributed by atoms with van der Waals surface area (Å²) in [6.07, 6.45) is 5.02. The van der Waals surface area contributed by atoms with Gasteiger partial charge >= 0.3 is 0 Å². The summed E-state index contributed by atoms with van der Waals surface area (Å²) in [5.41, 5.74) is 10.2. The second-order valence-electron chi connectivity index (χ2n) is 8.68. The second-order valence-corrected chi connectivity index (χ2v) is 9.68. The number of nitrogens with two attached hydrogens (primary N) is 1. The number of carbonyl (C=O) groups excluding carboxylic acids is 1. The van der Waals surface area contributed by atoms with Crippen LogP contribution in [-0.4, -0.2) is 30.5 Å². The quantitative estimate of drug-likeness (QED) is 0.642. The third-order valence-electron chi connectivity index (χ3n) is 6.67. The summed E-state index contributed by atoms with van der Waals surface area (Å²) in [6.45, 7) is 4.96. The Labute approximate surface area is 181 Å². The van der Waals surface area contributed by atoms with Gasteiger partial charge in [0, 0.05) is 36.4 Å². The monoisotopic (exact) mass is 420 g/mol. The number of benzene rings is 1. The van der Waals surface area contributed by atoms with E-state index in [0.717, 1.165) is 34.2 Å². The summed E-state index contributed by atoms with van der Waals surface area (Å²) < 4.78 is 0. The van der Waals surface area contributed by atoms with E-state index in [1.807, 2.05) is 19.1 Å². The number of aromatic nitrogens is 1. The molecule has 1 saturated heterocycles. The number of amides is 1. The van der Waals surface area contributed by atoms with Crippen molar-refractivity contribution < 1.29 is 4.79 Å². The first-order valence-corrected chi connectivity index (χ1v) is 11.7. The van der Waals surface area contributed by atoms with Crippen molar-refractivity contribution in [3.8, 4) is 0 Å². The molecule has 2 aliphatic rings. The number of nitrogens with zero attached hydrogens (tertiary/aromatic N) is 2. The summed E-state index contributed by atoms with van der Waals surface area (Å²) in [5.74, 6) is 1.69. The van der Waals surface area contributed by atoms with Crippen molar-refractivity contribution in [3.63, 3.8) is 0 Å². The molecular formula is C24H28N4OS. The summed E-state index contributed by atoms with van der Waals surface area (Å²) in [5, 5.41) is 3.87. The van der Waals surface area contributed by atoms with E-state index in [9.17, 15) is 4.79 Å². The Morgan fingerprint density at radius 3 is 2.63 bits per heavy atom. The Morgan fingerprint density at radius 2 is 1.90 bits per heavy atom. The van der Waals surface area contributed by atoms with E-state index in [1.165, 1.54) is 54.9 Å². The first kappa shape index (κ1) is 19.4. The normalized spacial score (nSPS) is 20.6. The molecule has 1 aliphatic carbocycles. The van der Waals surface area contributed by atoms with Gasteiger partial charge in [0.15, 0.2) is 0 Å². The van der Waals surface area contributed by atoms with Gasteiger partial charge in [0.25, 0.3) is 5.91 Å². The zero-order chi connectivity index (χ0) is 20.7. The first-order chi connectivity index (χ1) is 14.6. The number of rotatable bonds is 5. The number of nitrogen functional groups attached to an aromatic ring is 1. The molecule has 1 aliphatic heterocycles. The minimum absolute atomic E-state index is 0.117. The van der Waals surface area contributed by atoms with Crippen molar-refractivity contribution in [1.29, 1.82) is 0 Å². The lowest BCUT2D eigenvalue weighted by Crippen LogP contribution is -2.25. The van der Waals surface area contributed by atoms with E-state index < -0.39 is 0 Å². The molecule has 1 amide bonds. The van der Waals surface area contributed by atoms with Gasteiger partial charge in [-0.2, -0.15) is 0 Å². The maximum absolute atomic E-state index is 12.6. The van der Waals surface area contributed by atoms with Gasteiger partial charge in [-0.3, -0.25) is 4.79 Å². The molecule has 30 heavy (non-hydrogen) atoms. The molecule has 0 unspecified atom stereocenters. The molecule has 2 aromatic heterocycles. The molecule has 3 aromatic rings. The van der Waals surface area contributed by atoms with Crippen LogP contribution in [0.2, 0.25) is 0 Å². The standard InChI is InChI=1S/C24H28N4OS/c1-15-5-10-20-21(25)22(30-24(20)27-15)23(29)26-12-11-16-6-8-19(9-7-16)28-13-17-3-2-4-18(17)14-28/h5-10,17-18H,2-4,11-14,25H2,1H3,(H,26,29)/t17-,18+. The van der Waals surface area contributed by atoms with Gasteiger partial charge in [-0.05, 0) is 67.9 Å². The molecule has 1 aromatic carbocycles. The molecule has 5 rings (SSSR count). The van der Waals surface area contributed by atoms with Crippen molar-refractivity contribution >= 4 is 38.8 Å². The van der Waals surface area contributed by atoms with Crippen molar-refractivity contribution in [3.05, 3.63) is 52.5 Å². The Hall–Kier alpha value is -2.60. The van der Waals surface area contributed by atoms with Gasteiger partial charge < -0.3 is 16.0 Å². The van der Waals surface area contributed by atoms with Crippen molar-refractivity contribution in [2.45, 2.75) is 32.6 Å². The van der Waals surface area contributed by atoms with Crippen LogP contribution in [0.15, 0.2) is 36.4 Å². The summed E-state index contributed by atoms with van der Waals surface area (Å²) in [7, 11) is 0. The van der Waals surface area contributed by atoms with Gasteiger partial charge in [0.2, 0.25) is 0 Å². The topological polar surface area (TPSA) is 71.2 Å². The van der Waals surface area contributed by atoms with E-state index in [1.54, 1.807) is 0 Å². The number of thiophene rings is 1. The van der Waals surface area contributed by atoms with Crippen LogP contribution in [0.25, 0.3) is 10.2 Å². The maximum Gasteiger partial charge on any atom is 0.263 e. The minimum atomic E-state index is -0.117. The number of anilines is 2. The summed E-state index contributed by atoms with van der Waals surface area (Å²) in [4.78, 5) is 21.0. The largest absolute Gasteiger partial charge is 0.397 e. The van der Waals surface area contributed by atoms with Crippen molar-refractivity contribution in [1.82, 2.24) is 10.3 Å². The highest BCUT2D eigenvalue weighted by atomic mass is 32.1. The zero-order valence-electron chi connectivity index (χ0n) is 17.4. The lowest BCUT2D eigenvalue weighted by molar-refractivity contribution is 0.0959. The molecule has 2 fully saturated rings. The number of carbonyl (C=O) groups is 1. The summed E-state index contributed by atoms with van der Waals surface area (Å²) >= 11 is 1.36. The third-order valence-corrected chi connectivity index (χ3v) is 7.78. The predicted octanol–water partition coefficient (Wildman–Crippen LogP) is 4.40. The van der Waals surface area contributed by atoms with E-state index >= 15 is 0 Å². The lowest BCUT2D eigenvalue weighted by Gasteiger charge is -2.20. The Morgan fingerprint density at radius 1 is 1.17 bits per heavy atom. The van der Waals surface area contributed by atoms with Crippen LogP contribution in [-0.2, 0) is 6.42 Å². The molecule has 156 valence electrons. The van der Waals surface area contributed by atoms with Crippen LogP contribution in [0.5, 0.6) is 0 Å². The molecular weight excluding hydrogens is 392 g/mol. The first-order valence-electron chi connectivity index (χ1n) is 10.9. The Kier molecular flexibility index (Phi) is 5.11. The number of pyridine rings is 1. The zero-order valence-corrected chi connectivity index (χ0v) is 18.2. The van der Waals surface area contributed by atoms with E-state index in [2.05, 4.69) is 39.5 Å². The highest BCUT2D eigenvalue weighted by Gasteiger charge is 2.35. The smallest absolute Gasteiger partial charge is 0.263 e. The van der Waals surface area contributed by atoms with E-state index in [-0.39, 0.29) is 5.91 Å². The average Bonchev–Trinajstić information content (AvgIpc) is 3.42. The molecule has 1 saturated carbocycles. The third kappa shape index (κ3) is 3.65.